The fourth-order valence-corrected chi connectivity index (χ4v) is 2.07. The number of carbonyl (C=O) groups is 1. The summed E-state index contributed by atoms with van der Waals surface area (Å²) in [7, 11) is 0. The zero-order valence-corrected chi connectivity index (χ0v) is 12.7. The maximum absolute atomic E-state index is 13.1. The van der Waals surface area contributed by atoms with Crippen LogP contribution in [-0.4, -0.2) is 20.9 Å². The molecule has 0 aliphatic heterocycles. The summed E-state index contributed by atoms with van der Waals surface area (Å²) in [5.41, 5.74) is 1.27. The van der Waals surface area contributed by atoms with Gasteiger partial charge in [0.25, 0.3) is 0 Å². The van der Waals surface area contributed by atoms with Crippen molar-refractivity contribution in [3.05, 3.63) is 72.3 Å². The maximum Gasteiger partial charge on any atom is 0.246 e. The number of benzene rings is 2. The van der Waals surface area contributed by atoms with Crippen LogP contribution in [0.5, 0.6) is 5.75 Å². The van der Waals surface area contributed by atoms with Crippen LogP contribution in [0.15, 0.2) is 60.8 Å². The second kappa shape index (κ2) is 7.36. The topological polar surface area (TPSA) is 69.0 Å². The Morgan fingerprint density at radius 1 is 1.17 bits per heavy atom. The number of carbonyl (C=O) groups excluding carboxylic acids is 1. The lowest BCUT2D eigenvalue weighted by Crippen LogP contribution is -2.19. The molecule has 1 aromatic heterocycles. The molecule has 7 heteroatoms. The van der Waals surface area contributed by atoms with Crippen molar-refractivity contribution >= 4 is 11.6 Å². The predicted octanol–water partition coefficient (Wildman–Crippen LogP) is 2.63. The Bertz CT molecular complexity index is 820. The minimum absolute atomic E-state index is 0.0435. The molecule has 0 aliphatic rings. The number of ether oxygens (including phenoxy) is 1. The molecule has 1 amide bonds. The third kappa shape index (κ3) is 4.39. The largest absolute Gasteiger partial charge is 0.487 e. The predicted molar refractivity (Wildman–Crippen MR) is 85.8 cm³/mol. The molecule has 0 saturated heterocycles. The first-order valence-corrected chi connectivity index (χ1v) is 7.31. The minimum atomic E-state index is -0.367. The molecule has 0 saturated carbocycles. The molecule has 0 fully saturated rings. The molecule has 0 unspecified atom stereocenters. The summed E-state index contributed by atoms with van der Waals surface area (Å²) in [6.07, 6.45) is 1.61. The van der Waals surface area contributed by atoms with Crippen molar-refractivity contribution in [2.24, 2.45) is 0 Å². The van der Waals surface area contributed by atoms with Crippen LogP contribution >= 0.6 is 0 Å². The Kier molecular flexibility index (Phi) is 4.81. The fourth-order valence-electron chi connectivity index (χ4n) is 2.07. The number of anilines is 1. The molecule has 0 atom stereocenters. The molecule has 24 heavy (non-hydrogen) atoms. The van der Waals surface area contributed by atoms with Gasteiger partial charge in [0.2, 0.25) is 5.91 Å². The highest BCUT2D eigenvalue weighted by Crippen LogP contribution is 2.13. The van der Waals surface area contributed by atoms with Crippen molar-refractivity contribution in [1.82, 2.24) is 15.0 Å². The van der Waals surface area contributed by atoms with Crippen LogP contribution in [0.4, 0.5) is 10.1 Å². The summed E-state index contributed by atoms with van der Waals surface area (Å²) < 4.78 is 19.9. The van der Waals surface area contributed by atoms with E-state index in [4.69, 9.17) is 4.74 Å². The molecule has 3 aromatic rings. The van der Waals surface area contributed by atoms with E-state index in [0.29, 0.717) is 11.4 Å². The molecule has 1 heterocycles. The molecule has 6 nitrogen and oxygen atoms in total. The zero-order valence-electron chi connectivity index (χ0n) is 12.7. The van der Waals surface area contributed by atoms with E-state index in [-0.39, 0.29) is 24.9 Å². The Balaban J connectivity index is 1.52. The van der Waals surface area contributed by atoms with Gasteiger partial charge in [-0.3, -0.25) is 4.79 Å². The van der Waals surface area contributed by atoms with Crippen molar-refractivity contribution in [3.8, 4) is 5.75 Å². The Morgan fingerprint density at radius 3 is 2.79 bits per heavy atom. The number of hydrogen-bond acceptors (Lipinski definition) is 4. The lowest BCUT2D eigenvalue weighted by atomic mass is 10.3. The van der Waals surface area contributed by atoms with Gasteiger partial charge in [-0.25, -0.2) is 9.07 Å². The van der Waals surface area contributed by atoms with Crippen molar-refractivity contribution in [3.63, 3.8) is 0 Å². The van der Waals surface area contributed by atoms with E-state index < -0.39 is 0 Å². The number of halogens is 1. The van der Waals surface area contributed by atoms with E-state index in [0.717, 1.165) is 5.69 Å². The summed E-state index contributed by atoms with van der Waals surface area (Å²) >= 11 is 0. The van der Waals surface area contributed by atoms with Gasteiger partial charge in [-0.05, 0) is 24.3 Å². The van der Waals surface area contributed by atoms with E-state index in [1.54, 1.807) is 30.5 Å². The lowest BCUT2D eigenvalue weighted by Gasteiger charge is -2.04. The molecule has 1 N–H and O–H groups in total. The number of nitrogens with one attached hydrogen (secondary N) is 1. The van der Waals surface area contributed by atoms with E-state index in [1.807, 2.05) is 18.2 Å². The van der Waals surface area contributed by atoms with Gasteiger partial charge >= 0.3 is 0 Å². The van der Waals surface area contributed by atoms with Crippen LogP contribution in [0.2, 0.25) is 0 Å². The first kappa shape index (κ1) is 15.7. The van der Waals surface area contributed by atoms with Crippen LogP contribution in [0.1, 0.15) is 5.69 Å². The Labute approximate surface area is 137 Å². The smallest absolute Gasteiger partial charge is 0.246 e. The number of amides is 1. The molecule has 0 aliphatic carbocycles. The van der Waals surface area contributed by atoms with Crippen LogP contribution in [0.3, 0.4) is 0 Å². The molecule has 3 rings (SSSR count). The van der Waals surface area contributed by atoms with Crippen LogP contribution in [-0.2, 0) is 17.9 Å². The summed E-state index contributed by atoms with van der Waals surface area (Å²) in [5.74, 6) is -0.163. The second-order valence-electron chi connectivity index (χ2n) is 5.07. The lowest BCUT2D eigenvalue weighted by molar-refractivity contribution is -0.116. The number of para-hydroxylation sites is 1. The van der Waals surface area contributed by atoms with Gasteiger partial charge in [0.05, 0.1) is 6.20 Å². The molecule has 0 spiro atoms. The average Bonchev–Trinajstić information content (AvgIpc) is 3.01. The van der Waals surface area contributed by atoms with Crippen molar-refractivity contribution in [2.75, 3.05) is 5.32 Å². The van der Waals surface area contributed by atoms with Gasteiger partial charge in [-0.2, -0.15) is 0 Å². The van der Waals surface area contributed by atoms with Crippen LogP contribution < -0.4 is 10.1 Å². The highest BCUT2D eigenvalue weighted by Gasteiger charge is 2.07. The minimum Gasteiger partial charge on any atom is -0.487 e. The van der Waals surface area contributed by atoms with Crippen molar-refractivity contribution < 1.29 is 13.9 Å². The highest BCUT2D eigenvalue weighted by molar-refractivity contribution is 5.90. The maximum atomic E-state index is 13.1. The molecular formula is C17H15FN4O2. The third-order valence-corrected chi connectivity index (χ3v) is 3.13. The van der Waals surface area contributed by atoms with Crippen molar-refractivity contribution in [2.45, 2.75) is 13.2 Å². The van der Waals surface area contributed by atoms with E-state index in [9.17, 15) is 9.18 Å². The quantitative estimate of drug-likeness (QED) is 0.756. The summed E-state index contributed by atoms with van der Waals surface area (Å²) in [5, 5.41) is 10.6. The summed E-state index contributed by atoms with van der Waals surface area (Å²) in [4.78, 5) is 11.9. The van der Waals surface area contributed by atoms with Gasteiger partial charge in [0, 0.05) is 11.8 Å². The van der Waals surface area contributed by atoms with Gasteiger partial charge in [-0.1, -0.05) is 29.5 Å². The molecule has 2 aromatic carbocycles. The summed E-state index contributed by atoms with van der Waals surface area (Å²) in [6.45, 7) is 0.186. The highest BCUT2D eigenvalue weighted by atomic mass is 19.1. The number of hydrogen-bond donors (Lipinski definition) is 1. The molecule has 0 bridgehead atoms. The molecule has 122 valence electrons. The number of nitrogens with zero attached hydrogens (tertiary/aromatic N) is 3. The van der Waals surface area contributed by atoms with E-state index >= 15 is 0 Å². The monoisotopic (exact) mass is 326 g/mol. The van der Waals surface area contributed by atoms with E-state index in [2.05, 4.69) is 15.6 Å². The van der Waals surface area contributed by atoms with Gasteiger partial charge in [0.15, 0.2) is 0 Å². The molecular weight excluding hydrogens is 311 g/mol. The Morgan fingerprint density at radius 2 is 2.00 bits per heavy atom. The van der Waals surface area contributed by atoms with Gasteiger partial charge < -0.3 is 10.1 Å². The van der Waals surface area contributed by atoms with Gasteiger partial charge in [-0.15, -0.1) is 5.10 Å². The fraction of sp³-hybridized carbons (Fsp3) is 0.118. The van der Waals surface area contributed by atoms with E-state index in [1.165, 1.54) is 16.8 Å². The second-order valence-corrected chi connectivity index (χ2v) is 5.07. The first-order chi connectivity index (χ1) is 11.7. The zero-order chi connectivity index (χ0) is 16.8. The SMILES string of the molecule is O=C(Cn1cc(COc2cccc(F)c2)nn1)Nc1ccccc1. The Hall–Kier alpha value is -3.22. The first-order valence-electron chi connectivity index (χ1n) is 7.31. The summed E-state index contributed by atoms with van der Waals surface area (Å²) in [6, 6.07) is 15.0. The van der Waals surface area contributed by atoms with Crippen LogP contribution in [0, 0.1) is 5.82 Å². The van der Waals surface area contributed by atoms with Crippen molar-refractivity contribution in [1.29, 1.82) is 0 Å². The standard InChI is InChI=1S/C17H15FN4O2/c18-13-5-4-8-16(9-13)24-12-15-10-22(21-20-15)11-17(23)19-14-6-2-1-3-7-14/h1-10H,11-12H2,(H,19,23). The number of rotatable bonds is 6. The normalized spacial score (nSPS) is 10.4. The average molecular weight is 326 g/mol. The number of aromatic nitrogens is 3. The van der Waals surface area contributed by atoms with Gasteiger partial charge in [0.1, 0.15) is 30.4 Å². The molecule has 0 radical (unpaired) electrons. The third-order valence-electron chi connectivity index (χ3n) is 3.13. The van der Waals surface area contributed by atoms with Crippen LogP contribution in [0.25, 0.3) is 0 Å².